The van der Waals surface area contributed by atoms with Gasteiger partial charge in [-0.3, -0.25) is 0 Å². The highest BCUT2D eigenvalue weighted by Gasteiger charge is 1.94. The van der Waals surface area contributed by atoms with Gasteiger partial charge in [0, 0.05) is 7.05 Å². The molecule has 0 aromatic carbocycles. The van der Waals surface area contributed by atoms with E-state index in [4.69, 9.17) is 5.73 Å². The minimum absolute atomic E-state index is 0.392. The second-order valence-electron chi connectivity index (χ2n) is 1.42. The van der Waals surface area contributed by atoms with E-state index < -0.39 is 0 Å². The number of aromatic nitrogens is 4. The molecule has 0 amide bonds. The van der Waals surface area contributed by atoms with Crippen LogP contribution in [0.15, 0.2) is 0 Å². The molecule has 1 aromatic rings. The summed E-state index contributed by atoms with van der Waals surface area (Å²) >= 11 is 0. The standard InChI is InChI=1S/C3H7N5.C2H6/c1-8-3(2-4)5-6-7-8;1-2/h2,4H2,1H3;1-2H3. The van der Waals surface area contributed by atoms with Crippen LogP contribution >= 0.6 is 0 Å². The van der Waals surface area contributed by atoms with E-state index in [0.717, 1.165) is 0 Å². The van der Waals surface area contributed by atoms with Gasteiger partial charge in [0.2, 0.25) is 0 Å². The van der Waals surface area contributed by atoms with Crippen molar-refractivity contribution in [2.75, 3.05) is 0 Å². The van der Waals surface area contributed by atoms with Gasteiger partial charge in [-0.2, -0.15) is 0 Å². The Kier molecular flexibility index (Phi) is 4.39. The lowest BCUT2D eigenvalue weighted by atomic mass is 10.6. The van der Waals surface area contributed by atoms with Gasteiger partial charge in [0.25, 0.3) is 0 Å². The van der Waals surface area contributed by atoms with Crippen LogP contribution in [0.4, 0.5) is 0 Å². The molecule has 58 valence electrons. The quantitative estimate of drug-likeness (QED) is 0.585. The summed E-state index contributed by atoms with van der Waals surface area (Å²) in [5.74, 6) is 0.699. The van der Waals surface area contributed by atoms with Gasteiger partial charge in [-0.1, -0.05) is 13.8 Å². The number of nitrogens with zero attached hydrogens (tertiary/aromatic N) is 4. The van der Waals surface area contributed by atoms with E-state index in [9.17, 15) is 0 Å². The van der Waals surface area contributed by atoms with Crippen LogP contribution in [0, 0.1) is 0 Å². The fourth-order valence-electron chi connectivity index (χ4n) is 0.421. The largest absolute Gasteiger partial charge is 0.324 e. The normalized spacial score (nSPS) is 8.40. The van der Waals surface area contributed by atoms with Gasteiger partial charge in [0.05, 0.1) is 6.54 Å². The summed E-state index contributed by atoms with van der Waals surface area (Å²) in [6.45, 7) is 4.39. The molecule has 5 nitrogen and oxygen atoms in total. The fraction of sp³-hybridized carbons (Fsp3) is 0.800. The lowest BCUT2D eigenvalue weighted by Gasteiger charge is -1.87. The van der Waals surface area contributed by atoms with E-state index in [-0.39, 0.29) is 0 Å². The van der Waals surface area contributed by atoms with E-state index in [1.807, 2.05) is 13.8 Å². The molecular formula is C5H13N5. The Bertz CT molecular complexity index is 170. The highest BCUT2D eigenvalue weighted by molar-refractivity contribution is 4.75. The third-order valence-corrected chi connectivity index (χ3v) is 0.890. The summed E-state index contributed by atoms with van der Waals surface area (Å²) < 4.78 is 1.54. The first-order chi connectivity index (χ1) is 4.84. The summed E-state index contributed by atoms with van der Waals surface area (Å²) in [5, 5.41) is 10.5. The van der Waals surface area contributed by atoms with Crippen molar-refractivity contribution in [1.82, 2.24) is 20.2 Å². The van der Waals surface area contributed by atoms with Crippen LogP contribution in [0.25, 0.3) is 0 Å². The molecule has 0 saturated heterocycles. The van der Waals surface area contributed by atoms with Gasteiger partial charge >= 0.3 is 0 Å². The van der Waals surface area contributed by atoms with Crippen molar-refractivity contribution in [3.8, 4) is 0 Å². The van der Waals surface area contributed by atoms with E-state index >= 15 is 0 Å². The average molecular weight is 143 g/mol. The maximum atomic E-state index is 5.23. The Morgan fingerprint density at radius 3 is 2.30 bits per heavy atom. The van der Waals surface area contributed by atoms with Crippen molar-refractivity contribution in [3.05, 3.63) is 5.82 Å². The van der Waals surface area contributed by atoms with Crippen molar-refractivity contribution >= 4 is 0 Å². The van der Waals surface area contributed by atoms with Crippen molar-refractivity contribution in [3.63, 3.8) is 0 Å². The van der Waals surface area contributed by atoms with Crippen LogP contribution in [-0.2, 0) is 13.6 Å². The van der Waals surface area contributed by atoms with E-state index in [0.29, 0.717) is 12.4 Å². The first kappa shape index (κ1) is 9.03. The van der Waals surface area contributed by atoms with Gasteiger partial charge in [0.1, 0.15) is 0 Å². The third kappa shape index (κ3) is 2.10. The Morgan fingerprint density at radius 2 is 2.10 bits per heavy atom. The van der Waals surface area contributed by atoms with E-state index in [2.05, 4.69) is 15.5 Å². The predicted molar refractivity (Wildman–Crippen MR) is 38.0 cm³/mol. The van der Waals surface area contributed by atoms with Crippen LogP contribution in [0.2, 0.25) is 0 Å². The zero-order valence-electron chi connectivity index (χ0n) is 6.57. The fourth-order valence-corrected chi connectivity index (χ4v) is 0.421. The first-order valence-electron chi connectivity index (χ1n) is 3.26. The Balaban J connectivity index is 0.000000371. The first-order valence-corrected chi connectivity index (χ1v) is 3.26. The monoisotopic (exact) mass is 143 g/mol. The summed E-state index contributed by atoms with van der Waals surface area (Å²) in [6, 6.07) is 0. The maximum absolute atomic E-state index is 5.23. The number of aryl methyl sites for hydroxylation is 1. The number of rotatable bonds is 1. The van der Waals surface area contributed by atoms with E-state index in [1.54, 1.807) is 11.7 Å². The van der Waals surface area contributed by atoms with Gasteiger partial charge in [-0.05, 0) is 10.4 Å². The van der Waals surface area contributed by atoms with Crippen molar-refractivity contribution < 1.29 is 0 Å². The molecule has 0 unspecified atom stereocenters. The summed E-state index contributed by atoms with van der Waals surface area (Å²) in [7, 11) is 1.75. The van der Waals surface area contributed by atoms with Crippen LogP contribution in [0.1, 0.15) is 19.7 Å². The SMILES string of the molecule is CC.Cn1nnnc1CN. The van der Waals surface area contributed by atoms with Crippen LogP contribution in [0.3, 0.4) is 0 Å². The van der Waals surface area contributed by atoms with Crippen LogP contribution in [-0.4, -0.2) is 20.2 Å². The average Bonchev–Trinajstić information content (AvgIpc) is 2.39. The molecule has 1 aromatic heterocycles. The Morgan fingerprint density at radius 1 is 1.50 bits per heavy atom. The minimum atomic E-state index is 0.392. The smallest absolute Gasteiger partial charge is 0.164 e. The molecule has 10 heavy (non-hydrogen) atoms. The summed E-state index contributed by atoms with van der Waals surface area (Å²) in [5.41, 5.74) is 5.23. The lowest BCUT2D eigenvalue weighted by molar-refractivity contribution is 0.678. The molecule has 0 aliphatic rings. The number of hydrogen-bond donors (Lipinski definition) is 1. The number of hydrogen-bond acceptors (Lipinski definition) is 4. The van der Waals surface area contributed by atoms with Crippen LogP contribution in [0.5, 0.6) is 0 Å². The molecule has 0 fully saturated rings. The molecule has 0 aliphatic heterocycles. The zero-order valence-corrected chi connectivity index (χ0v) is 6.57. The molecule has 5 heteroatoms. The molecule has 0 radical (unpaired) electrons. The van der Waals surface area contributed by atoms with Crippen molar-refractivity contribution in [1.29, 1.82) is 0 Å². The Labute approximate surface area is 60.2 Å². The topological polar surface area (TPSA) is 69.6 Å². The predicted octanol–water partition coefficient (Wildman–Crippen LogP) is -0.305. The van der Waals surface area contributed by atoms with Gasteiger partial charge < -0.3 is 5.73 Å². The molecule has 2 N–H and O–H groups in total. The summed E-state index contributed by atoms with van der Waals surface area (Å²) in [6.07, 6.45) is 0. The molecule has 0 spiro atoms. The second kappa shape index (κ2) is 4.87. The molecule has 1 heterocycles. The Hall–Kier alpha value is -0.970. The molecule has 0 atom stereocenters. The molecule has 0 bridgehead atoms. The number of nitrogens with two attached hydrogens (primary N) is 1. The zero-order chi connectivity index (χ0) is 7.98. The maximum Gasteiger partial charge on any atom is 0.164 e. The van der Waals surface area contributed by atoms with Crippen LogP contribution < -0.4 is 5.73 Å². The highest BCUT2D eigenvalue weighted by atomic mass is 15.5. The molecule has 0 saturated carbocycles. The molecule has 1 rings (SSSR count). The van der Waals surface area contributed by atoms with E-state index in [1.165, 1.54) is 0 Å². The second-order valence-corrected chi connectivity index (χ2v) is 1.42. The van der Waals surface area contributed by atoms with Gasteiger partial charge in [-0.25, -0.2) is 4.68 Å². The number of tetrazole rings is 1. The summed E-state index contributed by atoms with van der Waals surface area (Å²) in [4.78, 5) is 0. The van der Waals surface area contributed by atoms with Crippen molar-refractivity contribution in [2.45, 2.75) is 20.4 Å². The molecule has 0 aliphatic carbocycles. The minimum Gasteiger partial charge on any atom is -0.324 e. The van der Waals surface area contributed by atoms with Crippen molar-refractivity contribution in [2.24, 2.45) is 12.8 Å². The van der Waals surface area contributed by atoms with Gasteiger partial charge in [-0.15, -0.1) is 5.10 Å². The lowest BCUT2D eigenvalue weighted by Crippen LogP contribution is -2.05. The molecular weight excluding hydrogens is 130 g/mol. The third-order valence-electron chi connectivity index (χ3n) is 0.890. The highest BCUT2D eigenvalue weighted by Crippen LogP contribution is 1.81. The van der Waals surface area contributed by atoms with Gasteiger partial charge in [0.15, 0.2) is 5.82 Å².